The van der Waals surface area contributed by atoms with Gasteiger partial charge in [-0.1, -0.05) is 17.2 Å². The van der Waals surface area contributed by atoms with Crippen molar-refractivity contribution in [2.45, 2.75) is 13.8 Å². The van der Waals surface area contributed by atoms with E-state index in [0.717, 1.165) is 16.8 Å². The lowest BCUT2D eigenvalue weighted by Gasteiger charge is -2.09. The molecule has 1 amide bonds. The van der Waals surface area contributed by atoms with Gasteiger partial charge in [0, 0.05) is 36.5 Å². The van der Waals surface area contributed by atoms with E-state index in [4.69, 9.17) is 0 Å². The lowest BCUT2D eigenvalue weighted by atomic mass is 10.1. The van der Waals surface area contributed by atoms with Crippen LogP contribution in [-0.2, 0) is 0 Å². The zero-order chi connectivity index (χ0) is 16.8. The van der Waals surface area contributed by atoms with Gasteiger partial charge in [-0.25, -0.2) is 0 Å². The summed E-state index contributed by atoms with van der Waals surface area (Å²) in [4.78, 5) is 22.2. The minimum atomic E-state index is -0.437. The van der Waals surface area contributed by atoms with Crippen LogP contribution in [0.3, 0.4) is 0 Å². The highest BCUT2D eigenvalue weighted by molar-refractivity contribution is 5.94. The molecule has 2 aromatic carbocycles. The van der Waals surface area contributed by atoms with Gasteiger partial charge < -0.3 is 10.6 Å². The van der Waals surface area contributed by atoms with Gasteiger partial charge in [-0.3, -0.25) is 14.9 Å². The molecule has 0 spiro atoms. The Balaban J connectivity index is 1.80. The molecule has 0 radical (unpaired) electrons. The number of non-ortho nitro benzene ring substituents is 1. The Morgan fingerprint density at radius 1 is 1.04 bits per heavy atom. The highest BCUT2D eigenvalue weighted by Gasteiger charge is 2.06. The van der Waals surface area contributed by atoms with Crippen molar-refractivity contribution in [2.75, 3.05) is 18.4 Å². The van der Waals surface area contributed by atoms with Crippen molar-refractivity contribution in [2.24, 2.45) is 0 Å². The first-order valence-electron chi connectivity index (χ1n) is 7.30. The van der Waals surface area contributed by atoms with Gasteiger partial charge in [0.1, 0.15) is 0 Å². The lowest BCUT2D eigenvalue weighted by Crippen LogP contribution is -2.28. The van der Waals surface area contributed by atoms with Gasteiger partial charge in [-0.05, 0) is 38.1 Å². The number of carbonyl (C=O) groups excluding carboxylic acids is 1. The third-order valence-electron chi connectivity index (χ3n) is 3.30. The van der Waals surface area contributed by atoms with Crippen LogP contribution < -0.4 is 10.6 Å². The van der Waals surface area contributed by atoms with Gasteiger partial charge in [0.25, 0.3) is 11.6 Å². The number of anilines is 1. The summed E-state index contributed by atoms with van der Waals surface area (Å²) in [6, 6.07) is 11.9. The van der Waals surface area contributed by atoms with Crippen molar-refractivity contribution >= 4 is 17.3 Å². The van der Waals surface area contributed by atoms with Crippen molar-refractivity contribution in [1.29, 1.82) is 0 Å². The van der Waals surface area contributed by atoms with Gasteiger partial charge >= 0.3 is 0 Å². The average Bonchev–Trinajstić information content (AvgIpc) is 2.50. The van der Waals surface area contributed by atoms with Crippen molar-refractivity contribution in [3.05, 3.63) is 69.3 Å². The summed E-state index contributed by atoms with van der Waals surface area (Å²) in [5.74, 6) is -0.109. The monoisotopic (exact) mass is 313 g/mol. The Kier molecular flexibility index (Phi) is 5.30. The molecule has 6 heteroatoms. The van der Waals surface area contributed by atoms with E-state index < -0.39 is 4.92 Å². The summed E-state index contributed by atoms with van der Waals surface area (Å²) in [5.41, 5.74) is 3.59. The molecule has 0 aromatic heterocycles. The average molecular weight is 313 g/mol. The van der Waals surface area contributed by atoms with E-state index in [1.165, 1.54) is 12.1 Å². The van der Waals surface area contributed by atoms with Crippen molar-refractivity contribution < 1.29 is 9.72 Å². The molecule has 120 valence electrons. The number of nitrogens with zero attached hydrogens (tertiary/aromatic N) is 1. The van der Waals surface area contributed by atoms with Crippen LogP contribution >= 0.6 is 0 Å². The number of nitrogens with one attached hydrogen (secondary N) is 2. The molecular weight excluding hydrogens is 294 g/mol. The molecular formula is C17H19N3O3. The van der Waals surface area contributed by atoms with Crippen LogP contribution in [0.15, 0.2) is 42.5 Å². The summed E-state index contributed by atoms with van der Waals surface area (Å²) in [6.07, 6.45) is 0. The van der Waals surface area contributed by atoms with E-state index in [1.54, 1.807) is 12.1 Å². The maximum absolute atomic E-state index is 12.1. The van der Waals surface area contributed by atoms with Crippen LogP contribution in [0.1, 0.15) is 21.5 Å². The van der Waals surface area contributed by atoms with Gasteiger partial charge in [0.2, 0.25) is 0 Å². The molecule has 2 rings (SSSR count). The van der Waals surface area contributed by atoms with Gasteiger partial charge in [-0.15, -0.1) is 0 Å². The van der Waals surface area contributed by atoms with Crippen molar-refractivity contribution in [3.8, 4) is 0 Å². The smallest absolute Gasteiger partial charge is 0.269 e. The number of nitro groups is 1. The zero-order valence-electron chi connectivity index (χ0n) is 13.1. The molecule has 23 heavy (non-hydrogen) atoms. The number of benzene rings is 2. The molecule has 2 aromatic rings. The number of nitro benzene ring substituents is 1. The minimum absolute atomic E-state index is 0.0543. The Bertz CT molecular complexity index is 691. The molecule has 0 heterocycles. The molecule has 0 bridgehead atoms. The quantitative estimate of drug-likeness (QED) is 0.488. The number of carbonyl (C=O) groups is 1. The normalized spacial score (nSPS) is 10.2. The molecule has 0 aliphatic carbocycles. The predicted octanol–water partition coefficient (Wildman–Crippen LogP) is 3.05. The highest BCUT2D eigenvalue weighted by atomic mass is 16.6. The second kappa shape index (κ2) is 7.40. The number of aryl methyl sites for hydroxylation is 2. The SMILES string of the molecule is Cc1cc(C)cc(C(=O)NCCNc2ccc([N+](=O)[O-])cc2)c1. The fraction of sp³-hybridized carbons (Fsp3) is 0.235. The molecule has 0 fully saturated rings. The number of amides is 1. The third kappa shape index (κ3) is 4.81. The molecule has 0 unspecified atom stereocenters. The van der Waals surface area contributed by atoms with Crippen LogP contribution in [0.5, 0.6) is 0 Å². The minimum Gasteiger partial charge on any atom is -0.383 e. The summed E-state index contributed by atoms with van der Waals surface area (Å²) < 4.78 is 0. The lowest BCUT2D eigenvalue weighted by molar-refractivity contribution is -0.384. The van der Waals surface area contributed by atoms with Crippen LogP contribution in [0, 0.1) is 24.0 Å². The maximum atomic E-state index is 12.1. The van der Waals surface area contributed by atoms with E-state index in [-0.39, 0.29) is 11.6 Å². The molecule has 0 saturated heterocycles. The van der Waals surface area contributed by atoms with E-state index in [0.29, 0.717) is 18.7 Å². The second-order valence-corrected chi connectivity index (χ2v) is 5.36. The number of rotatable bonds is 6. The van der Waals surface area contributed by atoms with Crippen molar-refractivity contribution in [1.82, 2.24) is 5.32 Å². The van der Waals surface area contributed by atoms with E-state index in [2.05, 4.69) is 10.6 Å². The van der Waals surface area contributed by atoms with E-state index in [9.17, 15) is 14.9 Å². The van der Waals surface area contributed by atoms with Crippen LogP contribution in [0.2, 0.25) is 0 Å². The second-order valence-electron chi connectivity index (χ2n) is 5.36. The Morgan fingerprint density at radius 2 is 1.65 bits per heavy atom. The topological polar surface area (TPSA) is 84.3 Å². The molecule has 0 atom stereocenters. The third-order valence-corrected chi connectivity index (χ3v) is 3.30. The molecule has 6 nitrogen and oxygen atoms in total. The fourth-order valence-corrected chi connectivity index (χ4v) is 2.29. The summed E-state index contributed by atoms with van der Waals surface area (Å²) >= 11 is 0. The Morgan fingerprint density at radius 3 is 2.22 bits per heavy atom. The summed E-state index contributed by atoms with van der Waals surface area (Å²) in [6.45, 7) is 4.91. The zero-order valence-corrected chi connectivity index (χ0v) is 13.1. The molecule has 0 aliphatic rings. The van der Waals surface area contributed by atoms with Gasteiger partial charge in [-0.2, -0.15) is 0 Å². The Hall–Kier alpha value is -2.89. The first kappa shape index (κ1) is 16.5. The molecule has 0 saturated carbocycles. The Labute approximate surface area is 134 Å². The van der Waals surface area contributed by atoms with E-state index >= 15 is 0 Å². The number of hydrogen-bond acceptors (Lipinski definition) is 4. The molecule has 2 N–H and O–H groups in total. The standard InChI is InChI=1S/C17H19N3O3/c1-12-9-13(2)11-14(10-12)17(21)19-8-7-18-15-3-5-16(6-4-15)20(22)23/h3-6,9-11,18H,7-8H2,1-2H3,(H,19,21). The van der Waals surface area contributed by atoms with Crippen LogP contribution in [-0.4, -0.2) is 23.9 Å². The van der Waals surface area contributed by atoms with Gasteiger partial charge in [0.05, 0.1) is 4.92 Å². The van der Waals surface area contributed by atoms with Crippen LogP contribution in [0.25, 0.3) is 0 Å². The first-order chi connectivity index (χ1) is 11.0. The first-order valence-corrected chi connectivity index (χ1v) is 7.30. The summed E-state index contributed by atoms with van der Waals surface area (Å²) in [7, 11) is 0. The number of hydrogen-bond donors (Lipinski definition) is 2. The maximum Gasteiger partial charge on any atom is 0.269 e. The van der Waals surface area contributed by atoms with Crippen LogP contribution in [0.4, 0.5) is 11.4 Å². The summed E-state index contributed by atoms with van der Waals surface area (Å²) in [5, 5.41) is 16.5. The highest BCUT2D eigenvalue weighted by Crippen LogP contribution is 2.15. The van der Waals surface area contributed by atoms with E-state index in [1.807, 2.05) is 32.0 Å². The largest absolute Gasteiger partial charge is 0.383 e. The van der Waals surface area contributed by atoms with Gasteiger partial charge in [0.15, 0.2) is 0 Å². The predicted molar refractivity (Wildman–Crippen MR) is 89.8 cm³/mol. The fourth-order valence-electron chi connectivity index (χ4n) is 2.29. The molecule has 0 aliphatic heterocycles. The van der Waals surface area contributed by atoms with Crippen molar-refractivity contribution in [3.63, 3.8) is 0 Å².